The summed E-state index contributed by atoms with van der Waals surface area (Å²) in [5.41, 5.74) is 1.58. The molecule has 0 aliphatic carbocycles. The smallest absolute Gasteiger partial charge is 0.331 e. The van der Waals surface area contributed by atoms with Gasteiger partial charge >= 0.3 is 5.97 Å². The SMILES string of the molecule is CCOc1c(Cl)cc(/C=C/C(=O)OCC(=O)Nc2ccc(C#N)cc2)cc1OC. The van der Waals surface area contributed by atoms with Crippen LogP contribution in [0.4, 0.5) is 5.69 Å². The van der Waals surface area contributed by atoms with Gasteiger partial charge in [0.05, 0.1) is 30.4 Å². The van der Waals surface area contributed by atoms with E-state index in [1.54, 1.807) is 36.4 Å². The molecule has 0 bridgehead atoms. The van der Waals surface area contributed by atoms with Crippen molar-refractivity contribution in [2.75, 3.05) is 25.6 Å². The van der Waals surface area contributed by atoms with Crippen molar-refractivity contribution in [2.24, 2.45) is 0 Å². The number of benzene rings is 2. The lowest BCUT2D eigenvalue weighted by Crippen LogP contribution is -2.20. The minimum atomic E-state index is -0.691. The van der Waals surface area contributed by atoms with E-state index >= 15 is 0 Å². The Morgan fingerprint density at radius 1 is 1.24 bits per heavy atom. The minimum Gasteiger partial charge on any atom is -0.493 e. The van der Waals surface area contributed by atoms with Crippen LogP contribution >= 0.6 is 11.6 Å². The quantitative estimate of drug-likeness (QED) is 0.521. The minimum absolute atomic E-state index is 0.348. The van der Waals surface area contributed by atoms with Gasteiger partial charge in [-0.05, 0) is 55.0 Å². The molecule has 0 aromatic heterocycles. The Morgan fingerprint density at radius 3 is 2.59 bits per heavy atom. The number of carbonyl (C=O) groups excluding carboxylic acids is 2. The van der Waals surface area contributed by atoms with E-state index in [2.05, 4.69) is 5.32 Å². The number of rotatable bonds is 8. The molecule has 0 atom stereocenters. The summed E-state index contributed by atoms with van der Waals surface area (Å²) in [6, 6.07) is 11.6. The van der Waals surface area contributed by atoms with E-state index < -0.39 is 18.5 Å². The molecule has 150 valence electrons. The van der Waals surface area contributed by atoms with E-state index in [4.69, 9.17) is 31.1 Å². The van der Waals surface area contributed by atoms with Crippen molar-refractivity contribution >= 4 is 35.2 Å². The van der Waals surface area contributed by atoms with Crippen molar-refractivity contribution in [1.82, 2.24) is 0 Å². The first-order valence-corrected chi connectivity index (χ1v) is 8.99. The summed E-state index contributed by atoms with van der Waals surface area (Å²) in [6.07, 6.45) is 2.67. The Kier molecular flexibility index (Phi) is 8.07. The normalized spacial score (nSPS) is 10.3. The third kappa shape index (κ3) is 6.55. The first-order chi connectivity index (χ1) is 14.0. The van der Waals surface area contributed by atoms with Crippen molar-refractivity contribution < 1.29 is 23.8 Å². The highest BCUT2D eigenvalue weighted by Gasteiger charge is 2.11. The third-order valence-electron chi connectivity index (χ3n) is 3.60. The molecular weight excluding hydrogens is 396 g/mol. The summed E-state index contributed by atoms with van der Waals surface area (Å²) in [5, 5.41) is 11.7. The lowest BCUT2D eigenvalue weighted by molar-refractivity contribution is -0.142. The van der Waals surface area contributed by atoms with Gasteiger partial charge in [-0.25, -0.2) is 4.79 Å². The highest BCUT2D eigenvalue weighted by molar-refractivity contribution is 6.32. The van der Waals surface area contributed by atoms with E-state index in [1.165, 1.54) is 19.3 Å². The maximum Gasteiger partial charge on any atom is 0.331 e. The van der Waals surface area contributed by atoms with E-state index in [0.717, 1.165) is 0 Å². The zero-order valence-corrected chi connectivity index (χ0v) is 16.7. The summed E-state index contributed by atoms with van der Waals surface area (Å²) in [4.78, 5) is 23.7. The van der Waals surface area contributed by atoms with Gasteiger partial charge in [0.15, 0.2) is 18.1 Å². The van der Waals surface area contributed by atoms with Gasteiger partial charge in [-0.1, -0.05) is 11.6 Å². The van der Waals surface area contributed by atoms with E-state index in [-0.39, 0.29) is 0 Å². The molecule has 0 heterocycles. The van der Waals surface area contributed by atoms with Crippen LogP contribution in [-0.4, -0.2) is 32.2 Å². The van der Waals surface area contributed by atoms with Gasteiger partial charge in [-0.2, -0.15) is 5.26 Å². The molecular formula is C21H19ClN2O5. The number of hydrogen-bond donors (Lipinski definition) is 1. The molecule has 29 heavy (non-hydrogen) atoms. The molecule has 2 aromatic carbocycles. The van der Waals surface area contributed by atoms with Crippen molar-refractivity contribution in [1.29, 1.82) is 5.26 Å². The monoisotopic (exact) mass is 414 g/mol. The van der Waals surface area contributed by atoms with Crippen LogP contribution < -0.4 is 14.8 Å². The molecule has 0 aliphatic heterocycles. The second-order valence-electron chi connectivity index (χ2n) is 5.65. The molecule has 1 amide bonds. The molecule has 2 aromatic rings. The molecule has 0 saturated heterocycles. The van der Waals surface area contributed by atoms with Crippen LogP contribution in [0.15, 0.2) is 42.5 Å². The topological polar surface area (TPSA) is 97.6 Å². The van der Waals surface area contributed by atoms with Gasteiger partial charge in [0.1, 0.15) is 0 Å². The molecule has 0 aliphatic rings. The number of amides is 1. The van der Waals surface area contributed by atoms with Crippen LogP contribution in [-0.2, 0) is 14.3 Å². The predicted molar refractivity (Wildman–Crippen MR) is 109 cm³/mol. The van der Waals surface area contributed by atoms with Crippen LogP contribution in [0.5, 0.6) is 11.5 Å². The van der Waals surface area contributed by atoms with Gasteiger partial charge < -0.3 is 19.5 Å². The first kappa shape index (κ1) is 21.8. The molecule has 7 nitrogen and oxygen atoms in total. The van der Waals surface area contributed by atoms with Crippen molar-refractivity contribution in [2.45, 2.75) is 6.92 Å². The van der Waals surface area contributed by atoms with Crippen molar-refractivity contribution in [3.8, 4) is 17.6 Å². The van der Waals surface area contributed by atoms with E-state index in [1.807, 2.05) is 13.0 Å². The molecule has 2 rings (SSSR count). The van der Waals surface area contributed by atoms with Crippen molar-refractivity contribution in [3.63, 3.8) is 0 Å². The lowest BCUT2D eigenvalue weighted by atomic mass is 10.2. The van der Waals surface area contributed by atoms with Gasteiger partial charge in [-0.15, -0.1) is 0 Å². The third-order valence-corrected chi connectivity index (χ3v) is 3.88. The number of esters is 1. The maximum atomic E-state index is 11.9. The highest BCUT2D eigenvalue weighted by atomic mass is 35.5. The van der Waals surface area contributed by atoms with E-state index in [9.17, 15) is 9.59 Å². The first-order valence-electron chi connectivity index (χ1n) is 8.62. The van der Waals surface area contributed by atoms with Crippen molar-refractivity contribution in [3.05, 3.63) is 58.6 Å². The van der Waals surface area contributed by atoms with Gasteiger partial charge in [0, 0.05) is 11.8 Å². The predicted octanol–water partition coefficient (Wildman–Crippen LogP) is 3.81. The summed E-state index contributed by atoms with van der Waals surface area (Å²) >= 11 is 6.18. The average Bonchev–Trinajstić information content (AvgIpc) is 2.72. The Labute approximate surface area is 173 Å². The summed E-state index contributed by atoms with van der Waals surface area (Å²) in [7, 11) is 1.49. The molecule has 0 fully saturated rings. The van der Waals surface area contributed by atoms with Gasteiger partial charge in [-0.3, -0.25) is 4.79 Å². The number of anilines is 1. The number of hydrogen-bond acceptors (Lipinski definition) is 6. The van der Waals surface area contributed by atoms with Gasteiger partial charge in [0.25, 0.3) is 5.91 Å². The molecule has 0 radical (unpaired) electrons. The number of nitriles is 1. The highest BCUT2D eigenvalue weighted by Crippen LogP contribution is 2.36. The fraction of sp³-hybridized carbons (Fsp3) is 0.190. The average molecular weight is 415 g/mol. The largest absolute Gasteiger partial charge is 0.493 e. The molecule has 0 unspecified atom stereocenters. The van der Waals surface area contributed by atoms with Crippen LogP contribution in [0, 0.1) is 11.3 Å². The maximum absolute atomic E-state index is 11.9. The van der Waals surface area contributed by atoms with E-state index in [0.29, 0.717) is 39.9 Å². The lowest BCUT2D eigenvalue weighted by Gasteiger charge is -2.11. The van der Waals surface area contributed by atoms with Gasteiger partial charge in [0.2, 0.25) is 0 Å². The number of carbonyl (C=O) groups is 2. The summed E-state index contributed by atoms with van der Waals surface area (Å²) < 4.78 is 15.6. The zero-order valence-electron chi connectivity index (χ0n) is 15.9. The van der Waals surface area contributed by atoms with Crippen LogP contribution in [0.2, 0.25) is 5.02 Å². The van der Waals surface area contributed by atoms with Crippen LogP contribution in [0.1, 0.15) is 18.1 Å². The molecule has 8 heteroatoms. The summed E-state index contributed by atoms with van der Waals surface area (Å²) in [5.74, 6) is -0.323. The second-order valence-corrected chi connectivity index (χ2v) is 6.05. The number of methoxy groups -OCH3 is 1. The number of ether oxygens (including phenoxy) is 3. The standard InChI is InChI=1S/C21H19ClN2O5/c1-3-28-21-17(22)10-15(11-18(21)27-2)6-9-20(26)29-13-19(25)24-16-7-4-14(12-23)5-8-16/h4-11H,3,13H2,1-2H3,(H,24,25)/b9-6+. The Morgan fingerprint density at radius 2 is 1.97 bits per heavy atom. The number of halogens is 1. The second kappa shape index (κ2) is 10.7. The molecule has 0 spiro atoms. The fourth-order valence-electron chi connectivity index (χ4n) is 2.29. The molecule has 0 saturated carbocycles. The molecule has 1 N–H and O–H groups in total. The Balaban J connectivity index is 1.91. The van der Waals surface area contributed by atoms with Crippen LogP contribution in [0.3, 0.4) is 0 Å². The Hall–Kier alpha value is -3.50. The summed E-state index contributed by atoms with van der Waals surface area (Å²) in [6.45, 7) is 1.82. The zero-order chi connectivity index (χ0) is 21.2. The van der Waals surface area contributed by atoms with Crippen LogP contribution in [0.25, 0.3) is 6.08 Å². The number of nitrogens with one attached hydrogen (secondary N) is 1. The Bertz CT molecular complexity index is 949. The number of nitrogens with zero attached hydrogens (tertiary/aromatic N) is 1. The fourth-order valence-corrected chi connectivity index (χ4v) is 2.57.